The fourth-order valence-corrected chi connectivity index (χ4v) is 7.42. The number of amides is 3. The highest BCUT2D eigenvalue weighted by Crippen LogP contribution is 2.69. The Balaban J connectivity index is 1.42. The summed E-state index contributed by atoms with van der Waals surface area (Å²) in [5.41, 5.74) is 2.09. The Morgan fingerprint density at radius 3 is 1.82 bits per heavy atom. The molecule has 1 saturated heterocycles. The number of nitrogens with one attached hydrogen (secondary N) is 1. The van der Waals surface area contributed by atoms with Crippen LogP contribution in [0.4, 0.5) is 11.4 Å². The van der Waals surface area contributed by atoms with Gasteiger partial charge in [-0.25, -0.2) is 0 Å². The highest BCUT2D eigenvalue weighted by atomic mass is 35.5. The normalized spacial score (nSPS) is 26.9. The number of carbonyl (C=O) groups excluding carboxylic acids is 3. The quantitative estimate of drug-likeness (QED) is 0.210. The summed E-state index contributed by atoms with van der Waals surface area (Å²) in [4.78, 5) is 50.4. The van der Waals surface area contributed by atoms with Gasteiger partial charge in [-0.1, -0.05) is 48.5 Å². The van der Waals surface area contributed by atoms with Crippen molar-refractivity contribution in [2.75, 3.05) is 12.4 Å². The molecule has 0 spiro atoms. The average molecular weight is 566 g/mol. The Morgan fingerprint density at radius 1 is 0.949 bits per heavy atom. The lowest BCUT2D eigenvalue weighted by Crippen LogP contribution is -2.57. The fraction of sp³-hybridized carbons (Fsp3) is 0.250. The third-order valence-electron chi connectivity index (χ3n) is 8.04. The molecule has 3 atom stereocenters. The number of nitro benzene ring substituents is 1. The van der Waals surface area contributed by atoms with Crippen LogP contribution in [-0.2, 0) is 24.1 Å². The third kappa shape index (κ3) is 3.17. The van der Waals surface area contributed by atoms with Crippen LogP contribution in [0.1, 0.15) is 29.2 Å². The summed E-state index contributed by atoms with van der Waals surface area (Å²) in [5, 5.41) is 14.0. The van der Waals surface area contributed by atoms with Crippen molar-refractivity contribution in [1.29, 1.82) is 0 Å². The number of nitrogens with zero attached hydrogens (tertiary/aromatic N) is 2. The average Bonchev–Trinajstić information content (AvgIpc) is 3.21. The van der Waals surface area contributed by atoms with Crippen LogP contribution < -0.4 is 10.1 Å². The number of halogens is 2. The Kier molecular flexibility index (Phi) is 5.54. The number of imide groups is 1. The van der Waals surface area contributed by atoms with E-state index < -0.39 is 50.3 Å². The summed E-state index contributed by atoms with van der Waals surface area (Å²) >= 11 is 14.8. The summed E-state index contributed by atoms with van der Waals surface area (Å²) < 4.78 is 5.12. The van der Waals surface area contributed by atoms with E-state index in [1.807, 2.05) is 24.3 Å². The molecule has 1 aliphatic heterocycles. The Bertz CT molecular complexity index is 1490. The first-order valence-corrected chi connectivity index (χ1v) is 12.9. The van der Waals surface area contributed by atoms with Crippen molar-refractivity contribution in [1.82, 2.24) is 4.90 Å². The molecule has 0 aromatic heterocycles. The first kappa shape index (κ1) is 25.3. The molecular formula is C28H21Cl2N3O6. The van der Waals surface area contributed by atoms with Crippen LogP contribution in [0, 0.1) is 22.0 Å². The summed E-state index contributed by atoms with van der Waals surface area (Å²) in [6.45, 7) is 1.39. The molecule has 2 bridgehead atoms. The number of benzene rings is 3. The first-order chi connectivity index (χ1) is 18.6. The smallest absolute Gasteiger partial charge is 0.293 e. The zero-order chi connectivity index (χ0) is 27.9. The zero-order valence-electron chi connectivity index (χ0n) is 20.7. The Labute approximate surface area is 232 Å². The topological polar surface area (TPSA) is 119 Å². The molecule has 3 aromatic carbocycles. The van der Waals surface area contributed by atoms with Gasteiger partial charge >= 0.3 is 0 Å². The van der Waals surface area contributed by atoms with Crippen molar-refractivity contribution in [3.8, 4) is 5.75 Å². The maximum absolute atomic E-state index is 14.0. The first-order valence-electron chi connectivity index (χ1n) is 12.1. The number of rotatable bonds is 5. The van der Waals surface area contributed by atoms with Crippen molar-refractivity contribution >= 4 is 52.3 Å². The predicted octanol–water partition coefficient (Wildman–Crippen LogP) is 4.52. The van der Waals surface area contributed by atoms with Crippen molar-refractivity contribution in [3.63, 3.8) is 0 Å². The monoisotopic (exact) mass is 565 g/mol. The number of ether oxygens (including phenoxy) is 1. The second-order valence-electron chi connectivity index (χ2n) is 9.82. The van der Waals surface area contributed by atoms with Gasteiger partial charge in [-0.3, -0.25) is 29.4 Å². The van der Waals surface area contributed by atoms with Gasteiger partial charge in [-0.15, -0.1) is 23.2 Å². The van der Waals surface area contributed by atoms with Gasteiger partial charge in [0.05, 0.1) is 23.9 Å². The minimum Gasteiger partial charge on any atom is -0.497 e. The molecule has 1 fully saturated rings. The Morgan fingerprint density at radius 2 is 1.41 bits per heavy atom. The second-order valence-corrected chi connectivity index (χ2v) is 11.0. The number of alkyl halides is 2. The molecule has 1 N–H and O–H groups in total. The summed E-state index contributed by atoms with van der Waals surface area (Å²) in [6.07, 6.45) is 0. The van der Waals surface area contributed by atoms with Gasteiger partial charge in [0.25, 0.3) is 5.69 Å². The van der Waals surface area contributed by atoms with E-state index in [0.717, 1.165) is 4.90 Å². The van der Waals surface area contributed by atoms with Gasteiger partial charge < -0.3 is 10.1 Å². The molecule has 1 heterocycles. The minimum atomic E-state index is -1.38. The maximum Gasteiger partial charge on any atom is 0.293 e. The Hall–Kier alpha value is -3.95. The lowest BCUT2D eigenvalue weighted by molar-refractivity contribution is -0.383. The number of carbonyl (C=O) groups is 3. The number of methoxy groups -OCH3 is 1. The van der Waals surface area contributed by atoms with Crippen molar-refractivity contribution in [2.24, 2.45) is 11.8 Å². The van der Waals surface area contributed by atoms with Gasteiger partial charge in [-0.05, 0) is 35.2 Å². The number of anilines is 1. The summed E-state index contributed by atoms with van der Waals surface area (Å²) in [6, 6.07) is 17.0. The predicted molar refractivity (Wildman–Crippen MR) is 143 cm³/mol. The van der Waals surface area contributed by atoms with E-state index in [4.69, 9.17) is 27.9 Å². The largest absolute Gasteiger partial charge is 0.497 e. The van der Waals surface area contributed by atoms with Gasteiger partial charge in [0.1, 0.15) is 27.2 Å². The van der Waals surface area contributed by atoms with E-state index in [1.54, 1.807) is 24.3 Å². The van der Waals surface area contributed by atoms with Gasteiger partial charge in [0.15, 0.2) is 0 Å². The minimum absolute atomic E-state index is 0.129. The second kappa shape index (κ2) is 8.53. The van der Waals surface area contributed by atoms with Crippen LogP contribution >= 0.6 is 23.2 Å². The van der Waals surface area contributed by atoms with Crippen molar-refractivity contribution in [2.45, 2.75) is 22.7 Å². The molecule has 9 nitrogen and oxygen atoms in total. The van der Waals surface area contributed by atoms with E-state index in [2.05, 4.69) is 5.32 Å². The van der Waals surface area contributed by atoms with Crippen LogP contribution in [0.15, 0.2) is 66.7 Å². The van der Waals surface area contributed by atoms with E-state index in [9.17, 15) is 24.5 Å². The third-order valence-corrected chi connectivity index (χ3v) is 9.33. The molecule has 4 aliphatic rings. The van der Waals surface area contributed by atoms with Crippen LogP contribution in [0.2, 0.25) is 0 Å². The van der Waals surface area contributed by atoms with Crippen LogP contribution in [-0.4, -0.2) is 40.7 Å². The van der Waals surface area contributed by atoms with E-state index in [1.165, 1.54) is 32.2 Å². The summed E-state index contributed by atoms with van der Waals surface area (Å²) in [5.74, 6) is -3.89. The van der Waals surface area contributed by atoms with Crippen LogP contribution in [0.3, 0.4) is 0 Å². The van der Waals surface area contributed by atoms with Gasteiger partial charge in [0, 0.05) is 12.1 Å². The number of likely N-dealkylation sites (tertiary alicyclic amines) is 1. The van der Waals surface area contributed by atoms with Crippen LogP contribution in [0.25, 0.3) is 0 Å². The molecule has 0 saturated carbocycles. The van der Waals surface area contributed by atoms with E-state index in [0.29, 0.717) is 22.3 Å². The fourth-order valence-electron chi connectivity index (χ4n) is 6.33. The number of hydrogen-bond acceptors (Lipinski definition) is 6. The van der Waals surface area contributed by atoms with Crippen molar-refractivity contribution < 1.29 is 24.0 Å². The molecule has 7 rings (SSSR count). The maximum atomic E-state index is 14.0. The molecule has 3 amide bonds. The number of nitro groups is 1. The lowest BCUT2D eigenvalue weighted by atomic mass is 9.54. The SMILES string of the molecule is COc1ccc([N+](=O)[O-])c(NC(=O)[C@H](C)N2C(=O)[C@H]3[C@H](C2=O)C2(Cl)c4ccccc4C3(Cl)c3ccccc32)c1. The molecule has 3 aliphatic carbocycles. The molecule has 39 heavy (non-hydrogen) atoms. The molecule has 0 radical (unpaired) electrons. The zero-order valence-corrected chi connectivity index (χ0v) is 22.2. The molecule has 11 heteroatoms. The highest BCUT2D eigenvalue weighted by Gasteiger charge is 2.73. The van der Waals surface area contributed by atoms with Crippen LogP contribution in [0.5, 0.6) is 5.75 Å². The lowest BCUT2D eigenvalue weighted by Gasteiger charge is -2.54. The number of hydrogen-bond donors (Lipinski definition) is 1. The molecule has 3 aromatic rings. The van der Waals surface area contributed by atoms with Gasteiger partial charge in [-0.2, -0.15) is 0 Å². The van der Waals surface area contributed by atoms with Gasteiger partial charge in [0.2, 0.25) is 17.7 Å². The standard InChI is InChI=1S/C28H21Cl2N3O6/c1-14(24(34)31-20-13-15(39-2)11-12-21(20)33(37)38)32-25(35)22-23(26(32)36)28(30)17-8-4-3-7-16(17)27(22,29)18-9-5-6-10-19(18)28/h3-14,22-23H,1-2H3,(H,31,34)/t14-,22+,23+,27?,28?/m0/s1. The van der Waals surface area contributed by atoms with E-state index >= 15 is 0 Å². The molecular weight excluding hydrogens is 545 g/mol. The van der Waals surface area contributed by atoms with E-state index in [-0.39, 0.29) is 17.1 Å². The highest BCUT2D eigenvalue weighted by molar-refractivity contribution is 6.36. The molecule has 0 unspecified atom stereocenters. The van der Waals surface area contributed by atoms with Crippen molar-refractivity contribution in [3.05, 3.63) is 99.1 Å². The summed E-state index contributed by atoms with van der Waals surface area (Å²) in [7, 11) is 1.38. The molecule has 198 valence electrons.